The molecule has 1 atom stereocenters. The number of fused-ring (bicyclic) bond motifs is 2. The Kier molecular flexibility index (Phi) is 4.11. The first-order chi connectivity index (χ1) is 13.9. The van der Waals surface area contributed by atoms with Crippen LogP contribution < -0.4 is 4.90 Å². The van der Waals surface area contributed by atoms with Gasteiger partial charge in [-0.2, -0.15) is 0 Å². The summed E-state index contributed by atoms with van der Waals surface area (Å²) in [4.78, 5) is 14.6. The quantitative estimate of drug-likeness (QED) is 0.557. The van der Waals surface area contributed by atoms with Gasteiger partial charge < -0.3 is 14.6 Å². The molecule has 8 nitrogen and oxygen atoms in total. The molecular formula is C20H21N5O3S. The summed E-state index contributed by atoms with van der Waals surface area (Å²) in [5.74, 6) is 0.774. The Labute approximate surface area is 168 Å². The van der Waals surface area contributed by atoms with Crippen molar-refractivity contribution in [2.45, 2.75) is 13.0 Å². The van der Waals surface area contributed by atoms with Crippen LogP contribution in [0.2, 0.25) is 0 Å². The molecule has 0 spiro atoms. The van der Waals surface area contributed by atoms with Crippen LogP contribution in [-0.4, -0.2) is 59.4 Å². The van der Waals surface area contributed by atoms with Crippen molar-refractivity contribution in [2.24, 2.45) is 0 Å². The smallest absolute Gasteiger partial charge is 0.236 e. The Morgan fingerprint density at radius 1 is 1.24 bits per heavy atom. The maximum Gasteiger partial charge on any atom is 0.236 e. The molecule has 4 aromatic rings. The number of nitrogens with zero attached hydrogens (tertiary/aromatic N) is 4. The van der Waals surface area contributed by atoms with E-state index in [-0.39, 0.29) is 6.04 Å². The van der Waals surface area contributed by atoms with E-state index in [0.29, 0.717) is 31.0 Å². The Balaban J connectivity index is 1.82. The van der Waals surface area contributed by atoms with E-state index in [2.05, 4.69) is 21.8 Å². The molecule has 1 N–H and O–H groups in total. The molecule has 4 aromatic heterocycles. The highest BCUT2D eigenvalue weighted by atomic mass is 32.2. The van der Waals surface area contributed by atoms with Crippen LogP contribution in [0.15, 0.2) is 42.9 Å². The van der Waals surface area contributed by atoms with E-state index in [1.807, 2.05) is 30.5 Å². The minimum absolute atomic E-state index is 0.140. The molecule has 5 heterocycles. The van der Waals surface area contributed by atoms with E-state index in [0.717, 1.165) is 27.8 Å². The minimum atomic E-state index is -3.45. The summed E-state index contributed by atoms with van der Waals surface area (Å²) in [6.45, 7) is 4.01. The van der Waals surface area contributed by atoms with E-state index >= 15 is 0 Å². The number of hydrogen-bond donors (Lipinski definition) is 1. The molecule has 0 aliphatic carbocycles. The van der Waals surface area contributed by atoms with Crippen LogP contribution in [0.5, 0.6) is 0 Å². The van der Waals surface area contributed by atoms with Crippen LogP contribution in [-0.2, 0) is 14.8 Å². The Bertz CT molecular complexity index is 1320. The molecule has 1 fully saturated rings. The lowest BCUT2D eigenvalue weighted by Gasteiger charge is -2.35. The topological polar surface area (TPSA) is 93.1 Å². The lowest BCUT2D eigenvalue weighted by Crippen LogP contribution is -2.44. The van der Waals surface area contributed by atoms with Crippen LogP contribution in [0, 0.1) is 0 Å². The van der Waals surface area contributed by atoms with Gasteiger partial charge in [0, 0.05) is 41.5 Å². The summed E-state index contributed by atoms with van der Waals surface area (Å²) < 4.78 is 31.6. The third-order valence-electron chi connectivity index (χ3n) is 5.36. The lowest BCUT2D eigenvalue weighted by atomic mass is 10.1. The average molecular weight is 411 g/mol. The van der Waals surface area contributed by atoms with Crippen molar-refractivity contribution in [3.05, 3.63) is 42.9 Å². The fourth-order valence-corrected chi connectivity index (χ4v) is 4.76. The first-order valence-electron chi connectivity index (χ1n) is 9.43. The van der Waals surface area contributed by atoms with E-state index in [1.165, 1.54) is 10.2 Å². The SMILES string of the molecule is C[C@@H]1COCCN1c1nc(-c2ccnc3[nH]ccc23)cc2c1ccn2S(C)(=O)=O. The van der Waals surface area contributed by atoms with Gasteiger partial charge in [-0.3, -0.25) is 0 Å². The summed E-state index contributed by atoms with van der Waals surface area (Å²) >= 11 is 0. The van der Waals surface area contributed by atoms with Gasteiger partial charge in [-0.15, -0.1) is 0 Å². The maximum atomic E-state index is 12.4. The van der Waals surface area contributed by atoms with Crippen molar-refractivity contribution in [1.29, 1.82) is 0 Å². The molecule has 1 aliphatic rings. The van der Waals surface area contributed by atoms with Crippen molar-refractivity contribution in [3.63, 3.8) is 0 Å². The second kappa shape index (κ2) is 6.57. The highest BCUT2D eigenvalue weighted by Gasteiger charge is 2.25. The number of ether oxygens (including phenoxy) is 1. The van der Waals surface area contributed by atoms with Crippen molar-refractivity contribution >= 4 is 37.8 Å². The molecule has 0 radical (unpaired) electrons. The van der Waals surface area contributed by atoms with Gasteiger partial charge in [0.05, 0.1) is 36.7 Å². The molecule has 29 heavy (non-hydrogen) atoms. The Hall–Kier alpha value is -2.91. The van der Waals surface area contributed by atoms with Crippen LogP contribution in [0.25, 0.3) is 33.2 Å². The number of H-pyrrole nitrogens is 1. The maximum absolute atomic E-state index is 12.4. The summed E-state index contributed by atoms with van der Waals surface area (Å²) in [6.07, 6.45) is 6.37. The molecule has 0 unspecified atom stereocenters. The van der Waals surface area contributed by atoms with Gasteiger partial charge in [-0.05, 0) is 31.2 Å². The van der Waals surface area contributed by atoms with Crippen LogP contribution in [0.1, 0.15) is 6.92 Å². The molecule has 1 aliphatic heterocycles. The van der Waals surface area contributed by atoms with Gasteiger partial charge >= 0.3 is 0 Å². The number of nitrogens with one attached hydrogen (secondary N) is 1. The van der Waals surface area contributed by atoms with Gasteiger partial charge in [0.25, 0.3) is 0 Å². The number of rotatable bonds is 3. The van der Waals surface area contributed by atoms with E-state index < -0.39 is 10.0 Å². The number of aromatic amines is 1. The Morgan fingerprint density at radius 3 is 2.90 bits per heavy atom. The van der Waals surface area contributed by atoms with Crippen molar-refractivity contribution in [2.75, 3.05) is 30.9 Å². The van der Waals surface area contributed by atoms with Crippen molar-refractivity contribution < 1.29 is 13.2 Å². The van der Waals surface area contributed by atoms with Gasteiger partial charge in [0.2, 0.25) is 10.0 Å². The standard InChI is InChI=1S/C20H21N5O3S/c1-13-12-28-10-9-24(13)20-16-5-8-25(29(2,26)27)18(16)11-17(23-20)14-3-6-21-19-15(14)4-7-22-19/h3-8,11,13H,9-10,12H2,1-2H3,(H,21,22)/t13-/m1/s1. The molecule has 9 heteroatoms. The van der Waals surface area contributed by atoms with Crippen molar-refractivity contribution in [1.82, 2.24) is 18.9 Å². The summed E-state index contributed by atoms with van der Waals surface area (Å²) in [5, 5.41) is 1.75. The zero-order chi connectivity index (χ0) is 20.2. The highest BCUT2D eigenvalue weighted by Crippen LogP contribution is 2.35. The molecule has 0 saturated carbocycles. The molecule has 0 aromatic carbocycles. The molecule has 1 saturated heterocycles. The number of pyridine rings is 2. The Morgan fingerprint density at radius 2 is 2.10 bits per heavy atom. The molecule has 0 amide bonds. The average Bonchev–Trinajstić information content (AvgIpc) is 3.34. The van der Waals surface area contributed by atoms with Gasteiger partial charge in [-0.25, -0.2) is 22.4 Å². The third kappa shape index (κ3) is 2.97. The molecular weight excluding hydrogens is 390 g/mol. The first-order valence-corrected chi connectivity index (χ1v) is 11.3. The molecule has 0 bridgehead atoms. The largest absolute Gasteiger partial charge is 0.377 e. The zero-order valence-corrected chi connectivity index (χ0v) is 17.0. The predicted molar refractivity (Wildman–Crippen MR) is 113 cm³/mol. The normalized spacial score (nSPS) is 18.0. The number of anilines is 1. The third-order valence-corrected chi connectivity index (χ3v) is 6.40. The second-order valence-electron chi connectivity index (χ2n) is 7.35. The van der Waals surface area contributed by atoms with Crippen LogP contribution in [0.3, 0.4) is 0 Å². The molecule has 5 rings (SSSR count). The highest BCUT2D eigenvalue weighted by molar-refractivity contribution is 7.89. The second-order valence-corrected chi connectivity index (χ2v) is 9.21. The monoisotopic (exact) mass is 411 g/mol. The summed E-state index contributed by atoms with van der Waals surface area (Å²) in [5.41, 5.74) is 3.00. The van der Waals surface area contributed by atoms with E-state index in [1.54, 1.807) is 12.4 Å². The number of morpholine rings is 1. The first kappa shape index (κ1) is 18.1. The minimum Gasteiger partial charge on any atom is -0.377 e. The van der Waals surface area contributed by atoms with Crippen LogP contribution >= 0.6 is 0 Å². The van der Waals surface area contributed by atoms with Gasteiger partial charge in [-0.1, -0.05) is 0 Å². The fraction of sp³-hybridized carbons (Fsp3) is 0.300. The number of hydrogen-bond acceptors (Lipinski definition) is 6. The van der Waals surface area contributed by atoms with Crippen molar-refractivity contribution in [3.8, 4) is 11.3 Å². The fourth-order valence-electron chi connectivity index (χ4n) is 3.97. The van der Waals surface area contributed by atoms with E-state index in [4.69, 9.17) is 9.72 Å². The van der Waals surface area contributed by atoms with Crippen LogP contribution in [0.4, 0.5) is 5.82 Å². The summed E-state index contributed by atoms with van der Waals surface area (Å²) in [6, 6.07) is 7.66. The predicted octanol–water partition coefficient (Wildman–Crippen LogP) is 2.61. The summed E-state index contributed by atoms with van der Waals surface area (Å²) in [7, 11) is -3.45. The lowest BCUT2D eigenvalue weighted by molar-refractivity contribution is 0.0987. The van der Waals surface area contributed by atoms with Gasteiger partial charge in [0.15, 0.2) is 0 Å². The molecule has 150 valence electrons. The van der Waals surface area contributed by atoms with E-state index in [9.17, 15) is 8.42 Å². The van der Waals surface area contributed by atoms with Gasteiger partial charge in [0.1, 0.15) is 11.5 Å². The zero-order valence-electron chi connectivity index (χ0n) is 16.2. The number of aromatic nitrogens is 4.